The van der Waals surface area contributed by atoms with Crippen molar-refractivity contribution in [1.29, 1.82) is 0 Å². The zero-order valence-electron chi connectivity index (χ0n) is 16.7. The van der Waals surface area contributed by atoms with E-state index in [1.54, 1.807) is 12.4 Å². The molecule has 1 amide bonds. The molecule has 3 rings (SSSR count). The maximum absolute atomic E-state index is 13.1. The van der Waals surface area contributed by atoms with E-state index in [0.717, 1.165) is 11.3 Å². The number of benzene rings is 2. The molecule has 4 nitrogen and oxygen atoms in total. The highest BCUT2D eigenvalue weighted by molar-refractivity contribution is 5.94. The van der Waals surface area contributed by atoms with Gasteiger partial charge in [0.2, 0.25) is 0 Å². The number of nitrogens with zero attached hydrogens (tertiary/aromatic N) is 2. The van der Waals surface area contributed by atoms with Crippen molar-refractivity contribution in [3.63, 3.8) is 0 Å². The lowest BCUT2D eigenvalue weighted by Crippen LogP contribution is -2.36. The first-order valence-corrected chi connectivity index (χ1v) is 9.63. The maximum atomic E-state index is 13.1. The molecule has 0 atom stereocenters. The van der Waals surface area contributed by atoms with Gasteiger partial charge in [0.1, 0.15) is 0 Å². The second kappa shape index (κ2) is 9.18. The van der Waals surface area contributed by atoms with Crippen molar-refractivity contribution in [2.45, 2.75) is 39.9 Å². The molecule has 0 fully saturated rings. The van der Waals surface area contributed by atoms with Crippen LogP contribution < -0.4 is 5.32 Å². The summed E-state index contributed by atoms with van der Waals surface area (Å²) in [6.45, 7) is 7.45. The average Bonchev–Trinajstić information content (AvgIpc) is 2.72. The molecule has 0 unspecified atom stereocenters. The molecule has 144 valence electrons. The van der Waals surface area contributed by atoms with Crippen molar-refractivity contribution in [1.82, 2.24) is 9.88 Å². The molecular formula is C24H27N3O. The van der Waals surface area contributed by atoms with Gasteiger partial charge in [0.05, 0.1) is 11.3 Å². The highest BCUT2D eigenvalue weighted by atomic mass is 16.2. The molecule has 0 bridgehead atoms. The van der Waals surface area contributed by atoms with Crippen molar-refractivity contribution in [2.75, 3.05) is 5.32 Å². The molecule has 2 aromatic carbocycles. The van der Waals surface area contributed by atoms with Crippen molar-refractivity contribution in [2.24, 2.45) is 0 Å². The molecule has 28 heavy (non-hydrogen) atoms. The number of amides is 1. The van der Waals surface area contributed by atoms with E-state index in [4.69, 9.17) is 0 Å². The van der Waals surface area contributed by atoms with Gasteiger partial charge in [0, 0.05) is 31.5 Å². The number of hydrogen-bond acceptors (Lipinski definition) is 3. The summed E-state index contributed by atoms with van der Waals surface area (Å²) in [6.07, 6.45) is 3.40. The van der Waals surface area contributed by atoms with Crippen LogP contribution in [0.25, 0.3) is 0 Å². The van der Waals surface area contributed by atoms with Crippen LogP contribution in [-0.2, 0) is 13.1 Å². The summed E-state index contributed by atoms with van der Waals surface area (Å²) in [6, 6.07) is 20.3. The average molecular weight is 374 g/mol. The minimum absolute atomic E-state index is 0.00843. The van der Waals surface area contributed by atoms with Gasteiger partial charge in [-0.05, 0) is 43.5 Å². The van der Waals surface area contributed by atoms with Crippen molar-refractivity contribution in [3.8, 4) is 0 Å². The fraction of sp³-hybridized carbons (Fsp3) is 0.250. The Balaban J connectivity index is 1.73. The van der Waals surface area contributed by atoms with Gasteiger partial charge in [-0.2, -0.15) is 0 Å². The summed E-state index contributed by atoms with van der Waals surface area (Å²) in [4.78, 5) is 19.3. The first-order chi connectivity index (χ1) is 13.5. The number of aromatic nitrogens is 1. The van der Waals surface area contributed by atoms with Gasteiger partial charge in [-0.3, -0.25) is 9.78 Å². The molecule has 0 saturated heterocycles. The van der Waals surface area contributed by atoms with Crippen LogP contribution in [-0.4, -0.2) is 21.8 Å². The summed E-state index contributed by atoms with van der Waals surface area (Å²) in [5, 5.41) is 3.38. The van der Waals surface area contributed by atoms with E-state index in [-0.39, 0.29) is 11.9 Å². The van der Waals surface area contributed by atoms with E-state index < -0.39 is 0 Å². The number of pyridine rings is 1. The largest absolute Gasteiger partial charge is 0.380 e. The number of carbonyl (C=O) groups excluding carboxylic acids is 1. The predicted octanol–water partition coefficient (Wildman–Crippen LogP) is 5.05. The van der Waals surface area contributed by atoms with E-state index in [1.807, 2.05) is 67.3 Å². The number of aryl methyl sites for hydroxylation is 1. The Labute approximate surface area is 167 Å². The zero-order chi connectivity index (χ0) is 19.9. The van der Waals surface area contributed by atoms with Crippen LogP contribution in [0.1, 0.15) is 40.9 Å². The Morgan fingerprint density at radius 2 is 1.75 bits per heavy atom. The van der Waals surface area contributed by atoms with Crippen LogP contribution in [0, 0.1) is 6.92 Å². The monoisotopic (exact) mass is 373 g/mol. The van der Waals surface area contributed by atoms with E-state index in [1.165, 1.54) is 11.1 Å². The van der Waals surface area contributed by atoms with Crippen LogP contribution in [0.2, 0.25) is 0 Å². The Kier molecular flexibility index (Phi) is 6.43. The van der Waals surface area contributed by atoms with Gasteiger partial charge in [-0.1, -0.05) is 54.6 Å². The molecule has 4 heteroatoms. The smallest absolute Gasteiger partial charge is 0.256 e. The van der Waals surface area contributed by atoms with Gasteiger partial charge >= 0.3 is 0 Å². The second-order valence-electron chi connectivity index (χ2n) is 7.25. The summed E-state index contributed by atoms with van der Waals surface area (Å²) in [5.74, 6) is -0.00843. The van der Waals surface area contributed by atoms with Crippen LogP contribution in [0.5, 0.6) is 0 Å². The number of anilines is 1. The summed E-state index contributed by atoms with van der Waals surface area (Å²) in [7, 11) is 0. The molecule has 0 radical (unpaired) electrons. The third kappa shape index (κ3) is 4.97. The molecule has 0 aliphatic carbocycles. The van der Waals surface area contributed by atoms with Crippen molar-refractivity contribution >= 4 is 11.6 Å². The Morgan fingerprint density at radius 1 is 1.04 bits per heavy atom. The number of rotatable bonds is 7. The molecule has 1 heterocycles. The fourth-order valence-electron chi connectivity index (χ4n) is 3.09. The first-order valence-electron chi connectivity index (χ1n) is 9.63. The van der Waals surface area contributed by atoms with Crippen LogP contribution >= 0.6 is 0 Å². The molecule has 1 N–H and O–H groups in total. The summed E-state index contributed by atoms with van der Waals surface area (Å²) >= 11 is 0. The third-order valence-electron chi connectivity index (χ3n) is 4.81. The predicted molar refractivity (Wildman–Crippen MR) is 114 cm³/mol. The quantitative estimate of drug-likeness (QED) is 0.630. The van der Waals surface area contributed by atoms with Crippen molar-refractivity contribution < 1.29 is 4.79 Å². The standard InChI is InChI=1S/C24H27N3O/c1-18(2)27(17-20-10-5-4-6-11-20)24(28)22-13-23(16-25-14-22)26-15-21-12-8-7-9-19(21)3/h4-14,16,18,26H,15,17H2,1-3H3. The highest BCUT2D eigenvalue weighted by Gasteiger charge is 2.19. The number of nitrogens with one attached hydrogen (secondary N) is 1. The van der Waals surface area contributed by atoms with Crippen LogP contribution in [0.15, 0.2) is 73.1 Å². The van der Waals surface area contributed by atoms with E-state index in [9.17, 15) is 4.79 Å². The lowest BCUT2D eigenvalue weighted by molar-refractivity contribution is 0.0690. The lowest BCUT2D eigenvalue weighted by atomic mass is 10.1. The molecule has 0 aliphatic rings. The van der Waals surface area contributed by atoms with Gasteiger partial charge in [0.15, 0.2) is 0 Å². The Morgan fingerprint density at radius 3 is 2.46 bits per heavy atom. The van der Waals surface area contributed by atoms with Gasteiger partial charge in [0.25, 0.3) is 5.91 Å². The minimum atomic E-state index is -0.00843. The van der Waals surface area contributed by atoms with Gasteiger partial charge < -0.3 is 10.2 Å². The van der Waals surface area contributed by atoms with E-state index in [0.29, 0.717) is 18.7 Å². The SMILES string of the molecule is Cc1ccccc1CNc1cncc(C(=O)N(Cc2ccccc2)C(C)C)c1. The second-order valence-corrected chi connectivity index (χ2v) is 7.25. The van der Waals surface area contributed by atoms with Gasteiger partial charge in [-0.15, -0.1) is 0 Å². The molecule has 0 aliphatic heterocycles. The lowest BCUT2D eigenvalue weighted by Gasteiger charge is -2.27. The van der Waals surface area contributed by atoms with Gasteiger partial charge in [-0.25, -0.2) is 0 Å². The topological polar surface area (TPSA) is 45.2 Å². The highest BCUT2D eigenvalue weighted by Crippen LogP contribution is 2.17. The first kappa shape index (κ1) is 19.6. The normalized spacial score (nSPS) is 10.7. The van der Waals surface area contributed by atoms with Crippen LogP contribution in [0.3, 0.4) is 0 Å². The molecular weight excluding hydrogens is 346 g/mol. The van der Waals surface area contributed by atoms with E-state index >= 15 is 0 Å². The minimum Gasteiger partial charge on any atom is -0.380 e. The number of hydrogen-bond donors (Lipinski definition) is 1. The zero-order valence-corrected chi connectivity index (χ0v) is 16.7. The number of carbonyl (C=O) groups is 1. The van der Waals surface area contributed by atoms with E-state index in [2.05, 4.69) is 29.4 Å². The Bertz CT molecular complexity index is 922. The fourth-order valence-corrected chi connectivity index (χ4v) is 3.09. The molecule has 3 aromatic rings. The summed E-state index contributed by atoms with van der Waals surface area (Å²) < 4.78 is 0. The third-order valence-corrected chi connectivity index (χ3v) is 4.81. The molecule has 0 saturated carbocycles. The Hall–Kier alpha value is -3.14. The van der Waals surface area contributed by atoms with Crippen LogP contribution in [0.4, 0.5) is 5.69 Å². The summed E-state index contributed by atoms with van der Waals surface area (Å²) in [5.41, 5.74) is 5.03. The molecule has 1 aromatic heterocycles. The maximum Gasteiger partial charge on any atom is 0.256 e. The molecule has 0 spiro atoms. The van der Waals surface area contributed by atoms with Crippen molar-refractivity contribution in [3.05, 3.63) is 95.3 Å².